The van der Waals surface area contributed by atoms with Crippen molar-refractivity contribution in [1.29, 1.82) is 0 Å². The lowest BCUT2D eigenvalue weighted by molar-refractivity contribution is 0.104. The van der Waals surface area contributed by atoms with Gasteiger partial charge in [0.2, 0.25) is 0 Å². The van der Waals surface area contributed by atoms with Crippen molar-refractivity contribution < 1.29 is 0 Å². The molecule has 1 nitrogen and oxygen atoms in total. The molecule has 2 aromatic carbocycles. The molecule has 2 aromatic rings. The zero-order valence-corrected chi connectivity index (χ0v) is 17.1. The Labute approximate surface area is 166 Å². The number of hydrogen-bond donors (Lipinski definition) is 1. The van der Waals surface area contributed by atoms with Gasteiger partial charge >= 0.3 is 0 Å². The molecule has 1 N–H and O–H groups in total. The fourth-order valence-corrected chi connectivity index (χ4v) is 5.40. The van der Waals surface area contributed by atoms with Gasteiger partial charge in [-0.2, -0.15) is 0 Å². The lowest BCUT2D eigenvalue weighted by Crippen LogP contribution is -2.54. The predicted molar refractivity (Wildman–Crippen MR) is 112 cm³/mol. The third kappa shape index (κ3) is 2.91. The highest BCUT2D eigenvalue weighted by molar-refractivity contribution is 6.42. The third-order valence-corrected chi connectivity index (χ3v) is 6.75. The number of nitrogens with one attached hydrogen (secondary N) is 1. The summed E-state index contributed by atoms with van der Waals surface area (Å²) in [7, 11) is 0. The Morgan fingerprint density at radius 1 is 1.19 bits per heavy atom. The summed E-state index contributed by atoms with van der Waals surface area (Å²) >= 11 is 12.5. The fourth-order valence-electron chi connectivity index (χ4n) is 5.10. The lowest BCUT2D eigenvalue weighted by atomic mass is 9.57. The minimum atomic E-state index is 0.245. The van der Waals surface area contributed by atoms with E-state index in [4.69, 9.17) is 23.2 Å². The molecule has 0 aromatic heterocycles. The van der Waals surface area contributed by atoms with Crippen LogP contribution in [0.1, 0.15) is 56.7 Å². The van der Waals surface area contributed by atoms with E-state index in [9.17, 15) is 0 Å². The number of benzene rings is 2. The molecule has 0 amide bonds. The molecule has 2 bridgehead atoms. The molecule has 1 aliphatic carbocycles. The van der Waals surface area contributed by atoms with Crippen LogP contribution in [0.5, 0.6) is 0 Å². The largest absolute Gasteiger partial charge is 0.306 e. The first-order valence-corrected chi connectivity index (χ1v) is 10.0. The van der Waals surface area contributed by atoms with Gasteiger partial charge in [0.05, 0.1) is 10.0 Å². The summed E-state index contributed by atoms with van der Waals surface area (Å²) in [5.74, 6) is 0.449. The van der Waals surface area contributed by atoms with Gasteiger partial charge in [-0.15, -0.1) is 6.58 Å². The fraction of sp³-hybridized carbons (Fsp3) is 0.391. The maximum absolute atomic E-state index is 6.32. The first-order valence-electron chi connectivity index (χ1n) is 9.26. The number of halogens is 2. The van der Waals surface area contributed by atoms with E-state index in [0.717, 1.165) is 12.0 Å². The van der Waals surface area contributed by atoms with E-state index in [2.05, 4.69) is 56.9 Å². The molecule has 2 heterocycles. The summed E-state index contributed by atoms with van der Waals surface area (Å²) in [4.78, 5) is 0. The zero-order chi connectivity index (χ0) is 18.6. The summed E-state index contributed by atoms with van der Waals surface area (Å²) in [5, 5.41) is 5.10. The van der Waals surface area contributed by atoms with Crippen LogP contribution in [0.25, 0.3) is 11.1 Å². The molecule has 1 saturated heterocycles. The Bertz CT molecular complexity index is 884. The SMILES string of the molecule is C=C(C)CC1NC2CC(C)(C)C1c1c(-c3ccc(Cl)c(Cl)c3)cccc12. The molecular weight excluding hydrogens is 361 g/mol. The van der Waals surface area contributed by atoms with E-state index < -0.39 is 0 Å². The summed E-state index contributed by atoms with van der Waals surface area (Å²) in [6, 6.07) is 13.5. The van der Waals surface area contributed by atoms with Gasteiger partial charge < -0.3 is 5.32 Å². The van der Waals surface area contributed by atoms with Crippen molar-refractivity contribution in [2.75, 3.05) is 0 Å². The minimum Gasteiger partial charge on any atom is -0.306 e. The summed E-state index contributed by atoms with van der Waals surface area (Å²) in [5.41, 5.74) is 6.84. The topological polar surface area (TPSA) is 12.0 Å². The average molecular weight is 386 g/mol. The molecule has 26 heavy (non-hydrogen) atoms. The first kappa shape index (κ1) is 18.1. The van der Waals surface area contributed by atoms with Gasteiger partial charge in [-0.3, -0.25) is 0 Å². The molecule has 3 unspecified atom stereocenters. The van der Waals surface area contributed by atoms with Crippen LogP contribution in [0.3, 0.4) is 0 Å². The maximum Gasteiger partial charge on any atom is 0.0598 e. The highest BCUT2D eigenvalue weighted by Crippen LogP contribution is 2.57. The molecular formula is C23H25Cl2N. The van der Waals surface area contributed by atoms with Crippen LogP contribution in [0.15, 0.2) is 48.6 Å². The highest BCUT2D eigenvalue weighted by atomic mass is 35.5. The Morgan fingerprint density at radius 2 is 1.96 bits per heavy atom. The van der Waals surface area contributed by atoms with Gasteiger partial charge in [-0.05, 0) is 59.6 Å². The van der Waals surface area contributed by atoms with Crippen LogP contribution in [0, 0.1) is 5.41 Å². The Hall–Kier alpha value is -1.28. The van der Waals surface area contributed by atoms with Crippen LogP contribution in [0.4, 0.5) is 0 Å². The second-order valence-corrected chi connectivity index (χ2v) is 9.41. The predicted octanol–water partition coefficient (Wildman–Crippen LogP) is 7.15. The smallest absolute Gasteiger partial charge is 0.0598 e. The summed E-state index contributed by atoms with van der Waals surface area (Å²) in [6.07, 6.45) is 2.18. The second kappa shape index (κ2) is 6.41. The molecule has 3 aliphatic rings. The molecule has 0 radical (unpaired) electrons. The van der Waals surface area contributed by atoms with Crippen LogP contribution >= 0.6 is 23.2 Å². The van der Waals surface area contributed by atoms with Crippen molar-refractivity contribution in [3.8, 4) is 11.1 Å². The van der Waals surface area contributed by atoms with Gasteiger partial charge in [0.25, 0.3) is 0 Å². The first-order chi connectivity index (χ1) is 12.3. The maximum atomic E-state index is 6.32. The third-order valence-electron chi connectivity index (χ3n) is 6.02. The molecule has 0 spiro atoms. The molecule has 1 fully saturated rings. The number of fused-ring (bicyclic) bond motifs is 2. The van der Waals surface area contributed by atoms with E-state index in [-0.39, 0.29) is 5.41 Å². The molecule has 2 aliphatic heterocycles. The number of hydrogen-bond acceptors (Lipinski definition) is 1. The van der Waals surface area contributed by atoms with Crippen LogP contribution in [-0.2, 0) is 0 Å². The van der Waals surface area contributed by atoms with Gasteiger partial charge in [-0.25, -0.2) is 0 Å². The molecule has 136 valence electrons. The van der Waals surface area contributed by atoms with Crippen molar-refractivity contribution in [2.45, 2.75) is 51.6 Å². The van der Waals surface area contributed by atoms with Crippen molar-refractivity contribution >= 4 is 23.2 Å². The van der Waals surface area contributed by atoms with Gasteiger partial charge in [0.1, 0.15) is 0 Å². The summed E-state index contributed by atoms with van der Waals surface area (Å²) in [6.45, 7) is 11.1. The number of piperidine rings is 1. The monoisotopic (exact) mass is 385 g/mol. The molecule has 5 rings (SSSR count). The average Bonchev–Trinajstić information content (AvgIpc) is 2.55. The van der Waals surface area contributed by atoms with E-state index in [1.54, 1.807) is 0 Å². The van der Waals surface area contributed by atoms with E-state index in [1.807, 2.05) is 12.1 Å². The van der Waals surface area contributed by atoms with Crippen molar-refractivity contribution in [3.63, 3.8) is 0 Å². The Kier molecular flexibility index (Phi) is 4.46. The van der Waals surface area contributed by atoms with Crippen molar-refractivity contribution in [2.24, 2.45) is 5.41 Å². The van der Waals surface area contributed by atoms with E-state index >= 15 is 0 Å². The van der Waals surface area contributed by atoms with Crippen LogP contribution < -0.4 is 5.32 Å². The Morgan fingerprint density at radius 3 is 2.65 bits per heavy atom. The Balaban J connectivity index is 1.90. The number of rotatable bonds is 3. The van der Waals surface area contributed by atoms with Gasteiger partial charge in [0, 0.05) is 18.0 Å². The van der Waals surface area contributed by atoms with E-state index in [0.29, 0.717) is 28.0 Å². The summed E-state index contributed by atoms with van der Waals surface area (Å²) < 4.78 is 0. The lowest BCUT2D eigenvalue weighted by Gasteiger charge is -2.55. The van der Waals surface area contributed by atoms with Gasteiger partial charge in [-0.1, -0.05) is 66.9 Å². The highest BCUT2D eigenvalue weighted by Gasteiger charge is 2.50. The zero-order valence-electron chi connectivity index (χ0n) is 15.6. The normalized spacial score (nSPS) is 25.8. The standard InChI is InChI=1S/C23H25Cl2N/c1-13(2)10-19-22-21-15(14-8-9-17(24)18(25)11-14)6-5-7-16(21)20(26-19)12-23(22,3)4/h5-9,11,19-20,22,26H,1,10,12H2,2-4H3. The van der Waals surface area contributed by atoms with E-state index in [1.165, 1.54) is 28.7 Å². The minimum absolute atomic E-state index is 0.245. The molecule has 3 atom stereocenters. The van der Waals surface area contributed by atoms with Crippen LogP contribution in [-0.4, -0.2) is 6.04 Å². The molecule has 0 saturated carbocycles. The van der Waals surface area contributed by atoms with Crippen molar-refractivity contribution in [1.82, 2.24) is 5.32 Å². The second-order valence-electron chi connectivity index (χ2n) is 8.59. The van der Waals surface area contributed by atoms with Crippen LogP contribution in [0.2, 0.25) is 10.0 Å². The molecule has 3 heteroatoms. The van der Waals surface area contributed by atoms with Crippen molar-refractivity contribution in [3.05, 3.63) is 69.7 Å². The quantitative estimate of drug-likeness (QED) is 0.552. The van der Waals surface area contributed by atoms with Gasteiger partial charge in [0.15, 0.2) is 0 Å².